The van der Waals surface area contributed by atoms with Crippen LogP contribution < -0.4 is 5.32 Å². The summed E-state index contributed by atoms with van der Waals surface area (Å²) in [5.74, 6) is 1.94. The van der Waals surface area contributed by atoms with Crippen molar-refractivity contribution in [3.05, 3.63) is 34.2 Å². The fraction of sp³-hybridized carbons (Fsp3) is 0.455. The summed E-state index contributed by atoms with van der Waals surface area (Å²) < 4.78 is 9.33. The molecule has 1 atom stereocenters. The van der Waals surface area contributed by atoms with Crippen molar-refractivity contribution in [2.24, 2.45) is 0 Å². The number of aryl methyl sites for hydroxylation is 2. The molecule has 0 amide bonds. The lowest BCUT2D eigenvalue weighted by Crippen LogP contribution is -2.18. The van der Waals surface area contributed by atoms with E-state index in [1.165, 1.54) is 17.1 Å². The van der Waals surface area contributed by atoms with E-state index >= 15 is 0 Å². The zero-order chi connectivity index (χ0) is 11.5. The van der Waals surface area contributed by atoms with Gasteiger partial charge in [-0.05, 0) is 38.4 Å². The molecule has 86 valence electrons. The molecule has 0 bridgehead atoms. The maximum absolute atomic E-state index is 5.51. The van der Waals surface area contributed by atoms with Gasteiger partial charge in [0.1, 0.15) is 11.5 Å². The Kier molecular flexibility index (Phi) is 3.36. The van der Waals surface area contributed by atoms with E-state index in [1.54, 1.807) is 0 Å². The average molecular weight is 237 g/mol. The molecule has 16 heavy (non-hydrogen) atoms. The van der Waals surface area contributed by atoms with Crippen LogP contribution in [0.2, 0.25) is 0 Å². The second-order valence-electron chi connectivity index (χ2n) is 3.87. The molecule has 2 aromatic heterocycles. The Morgan fingerprint density at radius 2 is 2.31 bits per heavy atom. The van der Waals surface area contributed by atoms with Crippen molar-refractivity contribution in [3.63, 3.8) is 0 Å². The van der Waals surface area contributed by atoms with Gasteiger partial charge in [0.25, 0.3) is 0 Å². The van der Waals surface area contributed by atoms with E-state index in [0.717, 1.165) is 23.8 Å². The zero-order valence-electron chi connectivity index (χ0n) is 9.65. The van der Waals surface area contributed by atoms with E-state index in [-0.39, 0.29) is 6.04 Å². The first kappa shape index (κ1) is 11.3. The predicted molar refractivity (Wildman–Crippen MR) is 63.3 cm³/mol. The van der Waals surface area contributed by atoms with Gasteiger partial charge in [0.15, 0.2) is 0 Å². The number of hydrogen-bond donors (Lipinski definition) is 1. The molecule has 1 unspecified atom stereocenters. The number of hydrogen-bond acceptors (Lipinski definition) is 5. The van der Waals surface area contributed by atoms with Crippen LogP contribution in [0.25, 0.3) is 0 Å². The van der Waals surface area contributed by atoms with Gasteiger partial charge in [-0.15, -0.1) is 5.10 Å². The number of nitrogens with one attached hydrogen (secondary N) is 1. The van der Waals surface area contributed by atoms with Gasteiger partial charge in [0.2, 0.25) is 0 Å². The highest BCUT2D eigenvalue weighted by Crippen LogP contribution is 2.21. The maximum Gasteiger partial charge on any atom is 0.105 e. The summed E-state index contributed by atoms with van der Waals surface area (Å²) in [7, 11) is 0. The second-order valence-corrected chi connectivity index (χ2v) is 4.48. The molecule has 2 rings (SSSR count). The maximum atomic E-state index is 5.51. The number of furan rings is 1. The lowest BCUT2D eigenvalue weighted by Gasteiger charge is -2.11. The quantitative estimate of drug-likeness (QED) is 0.888. The van der Waals surface area contributed by atoms with Gasteiger partial charge < -0.3 is 9.73 Å². The molecule has 0 fully saturated rings. The molecule has 0 radical (unpaired) electrons. The molecule has 0 aliphatic heterocycles. The Hall–Kier alpha value is -1.20. The first-order chi connectivity index (χ1) is 7.66. The fourth-order valence-electron chi connectivity index (χ4n) is 1.71. The summed E-state index contributed by atoms with van der Waals surface area (Å²) in [5.41, 5.74) is 2.19. The van der Waals surface area contributed by atoms with E-state index in [1.807, 2.05) is 19.2 Å². The number of rotatable bonds is 4. The van der Waals surface area contributed by atoms with Crippen LogP contribution in [0, 0.1) is 13.8 Å². The molecule has 0 aromatic carbocycles. The third kappa shape index (κ3) is 2.48. The van der Waals surface area contributed by atoms with Gasteiger partial charge in [-0.3, -0.25) is 0 Å². The van der Waals surface area contributed by atoms with Crippen LogP contribution in [0.5, 0.6) is 0 Å². The SMILES string of the molecule is Cc1cc(C(C)NCc2csnn2)c(C)o1. The third-order valence-electron chi connectivity index (χ3n) is 2.54. The summed E-state index contributed by atoms with van der Waals surface area (Å²) in [6, 6.07) is 2.34. The standard InChI is InChI=1S/C11H15N3OS/c1-7-4-11(9(3)15-7)8(2)12-5-10-6-16-14-13-10/h4,6,8,12H,5H2,1-3H3. The van der Waals surface area contributed by atoms with Gasteiger partial charge in [0.05, 0.1) is 5.69 Å². The molecule has 2 aromatic rings. The number of nitrogens with zero attached hydrogens (tertiary/aromatic N) is 2. The summed E-state index contributed by atoms with van der Waals surface area (Å²) in [5, 5.41) is 9.34. The normalized spacial score (nSPS) is 12.9. The largest absolute Gasteiger partial charge is 0.466 e. The minimum atomic E-state index is 0.263. The minimum absolute atomic E-state index is 0.263. The molecular formula is C11H15N3OS. The highest BCUT2D eigenvalue weighted by Gasteiger charge is 2.12. The van der Waals surface area contributed by atoms with E-state index in [2.05, 4.69) is 27.9 Å². The smallest absolute Gasteiger partial charge is 0.105 e. The van der Waals surface area contributed by atoms with E-state index in [9.17, 15) is 0 Å². The number of aromatic nitrogens is 2. The van der Waals surface area contributed by atoms with Crippen molar-refractivity contribution >= 4 is 11.5 Å². The molecule has 1 N–H and O–H groups in total. The van der Waals surface area contributed by atoms with Gasteiger partial charge in [-0.2, -0.15) is 0 Å². The lowest BCUT2D eigenvalue weighted by molar-refractivity contribution is 0.489. The highest BCUT2D eigenvalue weighted by atomic mass is 32.1. The molecule has 5 heteroatoms. The molecular weight excluding hydrogens is 222 g/mol. The first-order valence-corrected chi connectivity index (χ1v) is 6.06. The lowest BCUT2D eigenvalue weighted by atomic mass is 10.1. The fourth-order valence-corrected chi connectivity index (χ4v) is 2.16. The average Bonchev–Trinajstić information content (AvgIpc) is 2.84. The predicted octanol–water partition coefficient (Wildman–Crippen LogP) is 2.60. The van der Waals surface area contributed by atoms with Crippen molar-refractivity contribution in [2.45, 2.75) is 33.4 Å². The van der Waals surface area contributed by atoms with Crippen molar-refractivity contribution in [3.8, 4) is 0 Å². The topological polar surface area (TPSA) is 51.0 Å². The van der Waals surface area contributed by atoms with Gasteiger partial charge in [0, 0.05) is 23.5 Å². The Morgan fingerprint density at radius 3 is 2.88 bits per heavy atom. The van der Waals surface area contributed by atoms with Gasteiger partial charge in [-0.25, -0.2) is 0 Å². The van der Waals surface area contributed by atoms with E-state index in [4.69, 9.17) is 4.42 Å². The van der Waals surface area contributed by atoms with Crippen LogP contribution in [0.1, 0.15) is 35.7 Å². The molecule has 0 aliphatic rings. The highest BCUT2D eigenvalue weighted by molar-refractivity contribution is 7.03. The van der Waals surface area contributed by atoms with Crippen molar-refractivity contribution in [1.29, 1.82) is 0 Å². The van der Waals surface area contributed by atoms with Crippen molar-refractivity contribution in [1.82, 2.24) is 14.9 Å². The second kappa shape index (κ2) is 4.76. The Balaban J connectivity index is 1.98. The van der Waals surface area contributed by atoms with Crippen LogP contribution in [0.4, 0.5) is 0 Å². The van der Waals surface area contributed by atoms with E-state index < -0.39 is 0 Å². The van der Waals surface area contributed by atoms with Crippen molar-refractivity contribution in [2.75, 3.05) is 0 Å². The Labute approximate surface area is 98.8 Å². The van der Waals surface area contributed by atoms with Gasteiger partial charge in [-0.1, -0.05) is 4.49 Å². The summed E-state index contributed by atoms with van der Waals surface area (Å²) >= 11 is 1.37. The van der Waals surface area contributed by atoms with Crippen LogP contribution in [0.15, 0.2) is 15.9 Å². The molecule has 0 saturated carbocycles. The van der Waals surface area contributed by atoms with E-state index in [0.29, 0.717) is 0 Å². The Bertz CT molecular complexity index is 450. The van der Waals surface area contributed by atoms with Crippen LogP contribution in [0.3, 0.4) is 0 Å². The van der Waals surface area contributed by atoms with Crippen LogP contribution >= 0.6 is 11.5 Å². The Morgan fingerprint density at radius 1 is 1.50 bits per heavy atom. The molecule has 0 saturated heterocycles. The van der Waals surface area contributed by atoms with Crippen molar-refractivity contribution < 1.29 is 4.42 Å². The van der Waals surface area contributed by atoms with Crippen LogP contribution in [-0.4, -0.2) is 9.59 Å². The van der Waals surface area contributed by atoms with Crippen LogP contribution in [-0.2, 0) is 6.54 Å². The van der Waals surface area contributed by atoms with Gasteiger partial charge >= 0.3 is 0 Å². The summed E-state index contributed by atoms with van der Waals surface area (Å²) in [4.78, 5) is 0. The molecule has 0 spiro atoms. The molecule has 4 nitrogen and oxygen atoms in total. The molecule has 2 heterocycles. The first-order valence-electron chi connectivity index (χ1n) is 5.23. The zero-order valence-corrected chi connectivity index (χ0v) is 10.5. The summed E-state index contributed by atoms with van der Waals surface area (Å²) in [6.45, 7) is 6.82. The monoisotopic (exact) mass is 237 g/mol. The molecule has 0 aliphatic carbocycles. The summed E-state index contributed by atoms with van der Waals surface area (Å²) in [6.07, 6.45) is 0. The minimum Gasteiger partial charge on any atom is -0.466 e. The third-order valence-corrected chi connectivity index (χ3v) is 3.09.